The van der Waals surface area contributed by atoms with E-state index >= 15 is 0 Å². The van der Waals surface area contributed by atoms with Crippen molar-refractivity contribution in [1.29, 1.82) is 0 Å². The van der Waals surface area contributed by atoms with Gasteiger partial charge in [-0.1, -0.05) is 32.1 Å². The summed E-state index contributed by atoms with van der Waals surface area (Å²) >= 11 is 0. The minimum Gasteiger partial charge on any atom is -0.371 e. The Balaban J connectivity index is 1.54. The SMILES string of the molecule is CC(C)CN1N=C(c2ccc3c(c2)CCN(C2=CC=C2)CC3)CCC1=O. The third-order valence-corrected chi connectivity index (χ3v) is 5.38. The summed E-state index contributed by atoms with van der Waals surface area (Å²) in [5.74, 6) is 0.574. The van der Waals surface area contributed by atoms with Crippen molar-refractivity contribution in [2.75, 3.05) is 19.6 Å². The van der Waals surface area contributed by atoms with Crippen molar-refractivity contribution in [3.8, 4) is 0 Å². The first-order valence-electron chi connectivity index (χ1n) is 9.73. The Kier molecular flexibility index (Phi) is 4.66. The molecule has 1 amide bonds. The van der Waals surface area contributed by atoms with E-state index in [1.807, 2.05) is 0 Å². The van der Waals surface area contributed by atoms with Crippen molar-refractivity contribution >= 4 is 11.6 Å². The van der Waals surface area contributed by atoms with Gasteiger partial charge in [-0.05, 0) is 53.7 Å². The molecule has 26 heavy (non-hydrogen) atoms. The average Bonchev–Trinajstić information content (AvgIpc) is 2.77. The van der Waals surface area contributed by atoms with E-state index in [9.17, 15) is 4.79 Å². The molecule has 2 aliphatic heterocycles. The van der Waals surface area contributed by atoms with E-state index in [4.69, 9.17) is 0 Å². The summed E-state index contributed by atoms with van der Waals surface area (Å²) in [5.41, 5.74) is 6.48. The Bertz CT molecular complexity index is 804. The minimum atomic E-state index is 0.148. The van der Waals surface area contributed by atoms with Gasteiger partial charge >= 0.3 is 0 Å². The fourth-order valence-corrected chi connectivity index (χ4v) is 3.85. The first-order valence-corrected chi connectivity index (χ1v) is 9.73. The number of carbonyl (C=O) groups excluding carboxylic acids is 1. The predicted molar refractivity (Wildman–Crippen MR) is 105 cm³/mol. The monoisotopic (exact) mass is 349 g/mol. The molecule has 1 aromatic carbocycles. The van der Waals surface area contributed by atoms with Crippen LogP contribution in [0.2, 0.25) is 0 Å². The highest BCUT2D eigenvalue weighted by Crippen LogP contribution is 2.24. The van der Waals surface area contributed by atoms with Crippen LogP contribution in [-0.4, -0.2) is 41.2 Å². The van der Waals surface area contributed by atoms with Crippen molar-refractivity contribution in [2.24, 2.45) is 11.0 Å². The second-order valence-corrected chi connectivity index (χ2v) is 7.84. The smallest absolute Gasteiger partial charge is 0.243 e. The molecule has 4 nitrogen and oxygen atoms in total. The van der Waals surface area contributed by atoms with E-state index in [2.05, 4.69) is 60.3 Å². The van der Waals surface area contributed by atoms with Gasteiger partial charge in [-0.2, -0.15) is 5.10 Å². The molecule has 0 unspecified atom stereocenters. The number of allylic oxidation sites excluding steroid dienone is 3. The molecule has 0 atom stereocenters. The van der Waals surface area contributed by atoms with Gasteiger partial charge in [0.15, 0.2) is 0 Å². The Hall–Kier alpha value is -2.36. The molecule has 0 N–H and O–H groups in total. The van der Waals surface area contributed by atoms with Crippen LogP contribution in [0.4, 0.5) is 0 Å². The van der Waals surface area contributed by atoms with Crippen molar-refractivity contribution in [1.82, 2.24) is 9.91 Å². The van der Waals surface area contributed by atoms with E-state index in [-0.39, 0.29) is 5.91 Å². The van der Waals surface area contributed by atoms with Crippen molar-refractivity contribution in [2.45, 2.75) is 39.5 Å². The molecule has 1 aliphatic carbocycles. The number of amides is 1. The van der Waals surface area contributed by atoms with Crippen LogP contribution >= 0.6 is 0 Å². The fourth-order valence-electron chi connectivity index (χ4n) is 3.85. The lowest BCUT2D eigenvalue weighted by Crippen LogP contribution is -2.34. The Morgan fingerprint density at radius 3 is 2.54 bits per heavy atom. The van der Waals surface area contributed by atoms with E-state index < -0.39 is 0 Å². The normalized spacial score (nSPS) is 19.7. The van der Waals surface area contributed by atoms with Gasteiger partial charge in [0.1, 0.15) is 0 Å². The van der Waals surface area contributed by atoms with Gasteiger partial charge in [0.25, 0.3) is 0 Å². The maximum absolute atomic E-state index is 12.1. The van der Waals surface area contributed by atoms with Crippen molar-refractivity contribution in [3.63, 3.8) is 0 Å². The summed E-state index contributed by atoms with van der Waals surface area (Å²) in [6, 6.07) is 6.77. The highest BCUT2D eigenvalue weighted by molar-refractivity contribution is 6.04. The summed E-state index contributed by atoms with van der Waals surface area (Å²) in [5, 5.41) is 6.36. The summed E-state index contributed by atoms with van der Waals surface area (Å²) in [6.45, 7) is 7.10. The maximum Gasteiger partial charge on any atom is 0.243 e. The summed E-state index contributed by atoms with van der Waals surface area (Å²) in [7, 11) is 0. The standard InChI is InChI=1S/C22H27N3O/c1-16(2)15-25-22(26)9-8-21(23-25)19-7-6-17-10-12-24(20-4-3-5-20)13-11-18(17)14-19/h3-7,14,16H,8-13,15H2,1-2H3. The van der Waals surface area contributed by atoms with Gasteiger partial charge in [-0.3, -0.25) is 4.79 Å². The average molecular weight is 349 g/mol. The molecule has 0 saturated heterocycles. The molecular formula is C22H27N3O. The molecule has 4 heteroatoms. The topological polar surface area (TPSA) is 35.9 Å². The van der Waals surface area contributed by atoms with Gasteiger partial charge in [0.2, 0.25) is 5.91 Å². The summed E-state index contributed by atoms with van der Waals surface area (Å²) in [6.07, 6.45) is 9.96. The molecule has 4 rings (SSSR count). The molecule has 3 aliphatic rings. The maximum atomic E-state index is 12.1. The zero-order valence-electron chi connectivity index (χ0n) is 15.7. The van der Waals surface area contributed by atoms with Crippen LogP contribution in [0.15, 0.2) is 47.2 Å². The first kappa shape index (κ1) is 17.1. The Morgan fingerprint density at radius 2 is 1.85 bits per heavy atom. The van der Waals surface area contributed by atoms with Gasteiger partial charge in [0, 0.05) is 38.2 Å². The van der Waals surface area contributed by atoms with Crippen molar-refractivity contribution in [3.05, 3.63) is 58.8 Å². The zero-order chi connectivity index (χ0) is 18.1. The van der Waals surface area contributed by atoms with Gasteiger partial charge in [-0.15, -0.1) is 0 Å². The predicted octanol–water partition coefficient (Wildman–Crippen LogP) is 3.52. The lowest BCUT2D eigenvalue weighted by molar-refractivity contribution is -0.132. The zero-order valence-corrected chi connectivity index (χ0v) is 15.7. The van der Waals surface area contributed by atoms with E-state index in [1.165, 1.54) is 22.4 Å². The van der Waals surface area contributed by atoms with Crippen LogP contribution in [0.3, 0.4) is 0 Å². The number of rotatable bonds is 4. The molecule has 136 valence electrons. The molecule has 0 saturated carbocycles. The van der Waals surface area contributed by atoms with Gasteiger partial charge < -0.3 is 4.90 Å². The fraction of sp³-hybridized carbons (Fsp3) is 0.455. The highest BCUT2D eigenvalue weighted by Gasteiger charge is 2.23. The number of nitrogens with zero attached hydrogens (tertiary/aromatic N) is 3. The number of fused-ring (bicyclic) bond motifs is 1. The van der Waals surface area contributed by atoms with Crippen LogP contribution in [0.5, 0.6) is 0 Å². The molecule has 0 spiro atoms. The third-order valence-electron chi connectivity index (χ3n) is 5.38. The van der Waals surface area contributed by atoms with Crippen LogP contribution in [0, 0.1) is 5.92 Å². The molecule has 0 aromatic heterocycles. The Labute approximate surface area is 155 Å². The Morgan fingerprint density at radius 1 is 1.08 bits per heavy atom. The van der Waals surface area contributed by atoms with Crippen LogP contribution in [0.1, 0.15) is 43.4 Å². The quantitative estimate of drug-likeness (QED) is 0.834. The lowest BCUT2D eigenvalue weighted by atomic mass is 9.96. The van der Waals surface area contributed by atoms with Gasteiger partial charge in [-0.25, -0.2) is 5.01 Å². The third kappa shape index (κ3) is 3.46. The minimum absolute atomic E-state index is 0.148. The van der Waals surface area contributed by atoms with Gasteiger partial charge in [0.05, 0.1) is 5.71 Å². The van der Waals surface area contributed by atoms with Crippen LogP contribution < -0.4 is 0 Å². The number of carbonyl (C=O) groups is 1. The number of hydrogen-bond donors (Lipinski definition) is 0. The molecule has 0 bridgehead atoms. The highest BCUT2D eigenvalue weighted by atomic mass is 16.2. The van der Waals surface area contributed by atoms with Crippen LogP contribution in [0.25, 0.3) is 0 Å². The molecule has 2 heterocycles. The summed E-state index contributed by atoms with van der Waals surface area (Å²) < 4.78 is 0. The second-order valence-electron chi connectivity index (χ2n) is 7.84. The number of hydrazone groups is 1. The summed E-state index contributed by atoms with van der Waals surface area (Å²) in [4.78, 5) is 14.6. The molecular weight excluding hydrogens is 322 g/mol. The second kappa shape index (κ2) is 7.10. The lowest BCUT2D eigenvalue weighted by Gasteiger charge is -2.26. The van der Waals surface area contributed by atoms with Crippen LogP contribution in [-0.2, 0) is 17.6 Å². The number of hydrogen-bond acceptors (Lipinski definition) is 3. The molecule has 1 aromatic rings. The van der Waals surface area contributed by atoms with E-state index in [0.717, 1.165) is 38.1 Å². The number of benzene rings is 1. The van der Waals surface area contributed by atoms with E-state index in [0.29, 0.717) is 18.9 Å². The largest absolute Gasteiger partial charge is 0.371 e. The molecule has 0 fully saturated rings. The first-order chi connectivity index (χ1) is 12.6. The molecule has 0 radical (unpaired) electrons. The van der Waals surface area contributed by atoms with E-state index in [1.54, 1.807) is 5.01 Å². The van der Waals surface area contributed by atoms with Crippen molar-refractivity contribution < 1.29 is 4.79 Å².